The maximum absolute atomic E-state index is 4.34. The molecule has 0 saturated carbocycles. The van der Waals surface area contributed by atoms with Gasteiger partial charge in [0.15, 0.2) is 0 Å². The molecule has 0 radical (unpaired) electrons. The Labute approximate surface area is 109 Å². The van der Waals surface area contributed by atoms with Crippen molar-refractivity contribution < 1.29 is 0 Å². The van der Waals surface area contributed by atoms with Crippen molar-refractivity contribution in [3.8, 4) is 0 Å². The summed E-state index contributed by atoms with van der Waals surface area (Å²) in [6, 6.07) is 8.77. The second kappa shape index (κ2) is 6.36. The molecular weight excluding hydrogens is 222 g/mol. The third-order valence-electron chi connectivity index (χ3n) is 3.06. The summed E-state index contributed by atoms with van der Waals surface area (Å²) in [6.45, 7) is 4.22. The highest BCUT2D eigenvalue weighted by molar-refractivity contribution is 5.25. The van der Waals surface area contributed by atoms with E-state index in [1.165, 1.54) is 17.5 Å². The summed E-state index contributed by atoms with van der Waals surface area (Å²) in [7, 11) is 2.03. The van der Waals surface area contributed by atoms with Gasteiger partial charge in [0, 0.05) is 32.4 Å². The Morgan fingerprint density at radius 1 is 1.17 bits per heavy atom. The fraction of sp³-hybridized carbons (Fsp3) is 0.400. The molecule has 0 unspecified atom stereocenters. The van der Waals surface area contributed by atoms with Crippen molar-refractivity contribution in [1.29, 1.82) is 0 Å². The number of nitrogens with one attached hydrogen (secondary N) is 1. The Kier molecular flexibility index (Phi) is 4.53. The van der Waals surface area contributed by atoms with Crippen LogP contribution in [0.4, 0.5) is 0 Å². The molecule has 0 spiro atoms. The van der Waals surface area contributed by atoms with Gasteiger partial charge in [-0.15, -0.1) is 0 Å². The monoisotopic (exact) mass is 243 g/mol. The van der Waals surface area contributed by atoms with Crippen LogP contribution >= 0.6 is 0 Å². The Bertz CT molecular complexity index is 471. The molecule has 18 heavy (non-hydrogen) atoms. The lowest BCUT2D eigenvalue weighted by atomic mass is 10.1. The van der Waals surface area contributed by atoms with E-state index < -0.39 is 0 Å². The minimum absolute atomic E-state index is 0.895. The quantitative estimate of drug-likeness (QED) is 0.790. The van der Waals surface area contributed by atoms with Crippen molar-refractivity contribution in [2.24, 2.45) is 7.05 Å². The van der Waals surface area contributed by atoms with E-state index in [0.717, 1.165) is 25.3 Å². The van der Waals surface area contributed by atoms with E-state index in [9.17, 15) is 0 Å². The Balaban J connectivity index is 1.93. The zero-order valence-corrected chi connectivity index (χ0v) is 11.2. The molecule has 0 fully saturated rings. The van der Waals surface area contributed by atoms with Gasteiger partial charge in [-0.05, 0) is 24.1 Å². The molecule has 3 nitrogen and oxygen atoms in total. The number of benzene rings is 1. The maximum Gasteiger partial charge on any atom is 0.112 e. The molecule has 0 saturated heterocycles. The predicted molar refractivity (Wildman–Crippen MR) is 74.5 cm³/mol. The number of nitrogens with zero attached hydrogens (tertiary/aromatic N) is 2. The molecule has 1 heterocycles. The van der Waals surface area contributed by atoms with Crippen molar-refractivity contribution in [2.75, 3.05) is 6.54 Å². The van der Waals surface area contributed by atoms with Crippen LogP contribution in [-0.2, 0) is 20.0 Å². The second-order valence-corrected chi connectivity index (χ2v) is 4.62. The maximum atomic E-state index is 4.34. The van der Waals surface area contributed by atoms with Gasteiger partial charge in [-0.2, -0.15) is 0 Å². The van der Waals surface area contributed by atoms with Crippen LogP contribution in [0.5, 0.6) is 0 Å². The first kappa shape index (κ1) is 12.8. The first-order chi connectivity index (χ1) is 8.79. The van der Waals surface area contributed by atoms with Crippen LogP contribution in [0.1, 0.15) is 30.3 Å². The molecule has 0 aliphatic rings. The van der Waals surface area contributed by atoms with E-state index in [0.29, 0.717) is 0 Å². The summed E-state index contributed by atoms with van der Waals surface area (Å²) >= 11 is 0. The smallest absolute Gasteiger partial charge is 0.112 e. The number of hydrogen-bond donors (Lipinski definition) is 1. The molecule has 2 aromatic rings. The van der Waals surface area contributed by atoms with Crippen LogP contribution in [0.3, 0.4) is 0 Å². The molecule has 1 aromatic heterocycles. The van der Waals surface area contributed by atoms with Crippen LogP contribution < -0.4 is 5.32 Å². The summed E-state index contributed by atoms with van der Waals surface area (Å²) in [5.41, 5.74) is 2.65. The number of aromatic nitrogens is 2. The first-order valence-corrected chi connectivity index (χ1v) is 6.54. The number of imidazole rings is 1. The number of aryl methyl sites for hydroxylation is 1. The van der Waals surface area contributed by atoms with Gasteiger partial charge in [0.25, 0.3) is 0 Å². The molecule has 0 amide bonds. The first-order valence-electron chi connectivity index (χ1n) is 6.54. The number of rotatable bonds is 6. The van der Waals surface area contributed by atoms with Crippen molar-refractivity contribution in [2.45, 2.75) is 26.3 Å². The van der Waals surface area contributed by atoms with E-state index in [4.69, 9.17) is 0 Å². The summed E-state index contributed by atoms with van der Waals surface area (Å²) in [5, 5.41) is 3.41. The van der Waals surface area contributed by atoms with E-state index in [1.807, 2.05) is 19.4 Å². The van der Waals surface area contributed by atoms with Crippen molar-refractivity contribution >= 4 is 0 Å². The highest BCUT2D eigenvalue weighted by Crippen LogP contribution is 2.09. The molecule has 0 aliphatic heterocycles. The van der Waals surface area contributed by atoms with Crippen LogP contribution in [0.2, 0.25) is 0 Å². The third-order valence-corrected chi connectivity index (χ3v) is 3.06. The van der Waals surface area contributed by atoms with Gasteiger partial charge in [0.1, 0.15) is 5.82 Å². The summed E-state index contributed by atoms with van der Waals surface area (Å²) in [4.78, 5) is 4.34. The van der Waals surface area contributed by atoms with Gasteiger partial charge in [0.05, 0.1) is 0 Å². The molecular formula is C15H21N3. The highest BCUT2D eigenvalue weighted by Gasteiger charge is 2.01. The minimum atomic E-state index is 0.895. The van der Waals surface area contributed by atoms with Crippen LogP contribution in [0.25, 0.3) is 0 Å². The van der Waals surface area contributed by atoms with E-state index >= 15 is 0 Å². The normalized spacial score (nSPS) is 10.8. The summed E-state index contributed by atoms with van der Waals surface area (Å²) in [5.74, 6) is 1.10. The van der Waals surface area contributed by atoms with E-state index in [1.54, 1.807) is 0 Å². The molecule has 0 atom stereocenters. The molecule has 2 rings (SSSR count). The molecule has 0 bridgehead atoms. The van der Waals surface area contributed by atoms with E-state index in [-0.39, 0.29) is 0 Å². The van der Waals surface area contributed by atoms with Crippen molar-refractivity contribution in [3.05, 3.63) is 53.6 Å². The molecule has 1 N–H and O–H groups in total. The zero-order chi connectivity index (χ0) is 12.8. The number of hydrogen-bond acceptors (Lipinski definition) is 2. The summed E-state index contributed by atoms with van der Waals surface area (Å²) < 4.78 is 2.07. The lowest BCUT2D eigenvalue weighted by molar-refractivity contribution is 0.675. The largest absolute Gasteiger partial charge is 0.338 e. The lowest BCUT2D eigenvalue weighted by Crippen LogP contribution is -2.13. The fourth-order valence-electron chi connectivity index (χ4n) is 1.93. The van der Waals surface area contributed by atoms with Gasteiger partial charge in [-0.1, -0.05) is 31.2 Å². The standard InChI is InChI=1S/C15H21N3/c1-3-8-16-12-14-6-4-13(5-7-14)11-15-17-9-10-18(15)2/h4-7,9-10,16H,3,8,11-12H2,1-2H3. The topological polar surface area (TPSA) is 29.9 Å². The van der Waals surface area contributed by atoms with Gasteiger partial charge >= 0.3 is 0 Å². The summed E-state index contributed by atoms with van der Waals surface area (Å²) in [6.07, 6.45) is 5.90. The van der Waals surface area contributed by atoms with Crippen LogP contribution in [0.15, 0.2) is 36.7 Å². The highest BCUT2D eigenvalue weighted by atomic mass is 15.0. The Morgan fingerprint density at radius 3 is 2.50 bits per heavy atom. The van der Waals surface area contributed by atoms with Crippen molar-refractivity contribution in [3.63, 3.8) is 0 Å². The fourth-order valence-corrected chi connectivity index (χ4v) is 1.93. The molecule has 96 valence electrons. The van der Waals surface area contributed by atoms with Crippen LogP contribution in [-0.4, -0.2) is 16.1 Å². The average molecular weight is 243 g/mol. The van der Waals surface area contributed by atoms with E-state index in [2.05, 4.69) is 46.1 Å². The minimum Gasteiger partial charge on any atom is -0.338 e. The van der Waals surface area contributed by atoms with Gasteiger partial charge in [-0.25, -0.2) is 4.98 Å². The zero-order valence-electron chi connectivity index (χ0n) is 11.2. The lowest BCUT2D eigenvalue weighted by Gasteiger charge is -2.05. The molecule has 0 aliphatic carbocycles. The Hall–Kier alpha value is -1.61. The second-order valence-electron chi connectivity index (χ2n) is 4.62. The van der Waals surface area contributed by atoms with Crippen LogP contribution in [0, 0.1) is 0 Å². The predicted octanol–water partition coefficient (Wildman–Crippen LogP) is 2.51. The molecule has 1 aromatic carbocycles. The molecule has 3 heteroatoms. The Morgan fingerprint density at radius 2 is 1.89 bits per heavy atom. The average Bonchev–Trinajstić information content (AvgIpc) is 2.78. The third kappa shape index (κ3) is 3.44. The van der Waals surface area contributed by atoms with Gasteiger partial charge in [-0.3, -0.25) is 0 Å². The SMILES string of the molecule is CCCNCc1ccc(Cc2nccn2C)cc1. The van der Waals surface area contributed by atoms with Gasteiger partial charge in [0.2, 0.25) is 0 Å². The van der Waals surface area contributed by atoms with Crippen molar-refractivity contribution in [1.82, 2.24) is 14.9 Å². The van der Waals surface area contributed by atoms with Gasteiger partial charge < -0.3 is 9.88 Å².